The fourth-order valence-electron chi connectivity index (χ4n) is 0.932. The number of nitrogens with one attached hydrogen (secondary N) is 1. The van der Waals surface area contributed by atoms with E-state index in [4.69, 9.17) is 9.84 Å². The largest absolute Gasteiger partial charge is 0.493 e. The molecule has 1 heterocycles. The highest BCUT2D eigenvalue weighted by molar-refractivity contribution is 5.49. The van der Waals surface area contributed by atoms with E-state index in [1.807, 2.05) is 6.07 Å². The van der Waals surface area contributed by atoms with Crippen molar-refractivity contribution in [3.05, 3.63) is 18.3 Å². The number of aromatic nitrogens is 1. The van der Waals surface area contributed by atoms with Crippen molar-refractivity contribution in [3.63, 3.8) is 0 Å². The molecule has 4 heteroatoms. The molecule has 2 N–H and O–H groups in total. The molecule has 0 saturated carbocycles. The zero-order chi connectivity index (χ0) is 9.68. The van der Waals surface area contributed by atoms with Gasteiger partial charge in [0.05, 0.1) is 13.2 Å². The van der Waals surface area contributed by atoms with E-state index in [-0.39, 0.29) is 0 Å². The maximum absolute atomic E-state index is 9.05. The predicted octanol–water partition coefficient (Wildman–Crippen LogP) is 0.883. The van der Waals surface area contributed by atoms with Crippen LogP contribution in [0.3, 0.4) is 0 Å². The van der Waals surface area contributed by atoms with Crippen LogP contribution in [0.2, 0.25) is 0 Å². The Kier molecular flexibility index (Phi) is 3.52. The Balaban J connectivity index is 2.64. The highest BCUT2D eigenvalue weighted by atomic mass is 16.5. The maximum atomic E-state index is 9.05. The molecule has 0 aliphatic carbocycles. The average molecular weight is 182 g/mol. The number of hydrogen-bond donors (Lipinski definition) is 2. The second-order valence-corrected chi connectivity index (χ2v) is 2.78. The summed E-state index contributed by atoms with van der Waals surface area (Å²) in [6, 6.07) is 3.61. The summed E-state index contributed by atoms with van der Waals surface area (Å²) in [6.45, 7) is 2.18. The van der Waals surface area contributed by atoms with Gasteiger partial charge < -0.3 is 15.2 Å². The molecule has 0 spiro atoms. The topological polar surface area (TPSA) is 54.4 Å². The third-order valence-corrected chi connectivity index (χ3v) is 1.56. The van der Waals surface area contributed by atoms with Gasteiger partial charge in [-0.15, -0.1) is 0 Å². The van der Waals surface area contributed by atoms with Crippen LogP contribution in [0.1, 0.15) is 6.92 Å². The molecule has 1 rings (SSSR count). The zero-order valence-corrected chi connectivity index (χ0v) is 7.82. The molecule has 0 aliphatic rings. The van der Waals surface area contributed by atoms with Crippen molar-refractivity contribution in [3.8, 4) is 5.75 Å². The Hall–Kier alpha value is -1.29. The Labute approximate surface area is 77.6 Å². The highest BCUT2D eigenvalue weighted by Gasteiger charge is 2.02. The van der Waals surface area contributed by atoms with Crippen LogP contribution < -0.4 is 10.1 Å². The minimum absolute atomic E-state index is 0.397. The summed E-state index contributed by atoms with van der Waals surface area (Å²) in [6.07, 6.45) is 1.28. The van der Waals surface area contributed by atoms with Gasteiger partial charge in [0.1, 0.15) is 0 Å². The molecule has 72 valence electrons. The first-order valence-corrected chi connectivity index (χ1v) is 4.15. The first-order chi connectivity index (χ1) is 6.24. The van der Waals surface area contributed by atoms with Gasteiger partial charge in [-0.05, 0) is 19.1 Å². The number of aliphatic hydroxyl groups excluding tert-OH is 1. The fourth-order valence-corrected chi connectivity index (χ4v) is 0.932. The third kappa shape index (κ3) is 2.91. The zero-order valence-electron chi connectivity index (χ0n) is 7.82. The Morgan fingerprint density at radius 2 is 2.46 bits per heavy atom. The van der Waals surface area contributed by atoms with E-state index in [9.17, 15) is 0 Å². The van der Waals surface area contributed by atoms with Crippen molar-refractivity contribution in [2.75, 3.05) is 19.0 Å². The molecule has 0 aliphatic heterocycles. The Bertz CT molecular complexity index is 264. The van der Waals surface area contributed by atoms with Gasteiger partial charge in [0.15, 0.2) is 11.6 Å². The van der Waals surface area contributed by atoms with Crippen molar-refractivity contribution < 1.29 is 9.84 Å². The van der Waals surface area contributed by atoms with Gasteiger partial charge in [0.25, 0.3) is 0 Å². The molecule has 0 bridgehead atoms. The first kappa shape index (κ1) is 9.80. The number of pyridine rings is 1. The van der Waals surface area contributed by atoms with E-state index >= 15 is 0 Å². The van der Waals surface area contributed by atoms with Crippen LogP contribution in [0.25, 0.3) is 0 Å². The summed E-state index contributed by atoms with van der Waals surface area (Å²) in [4.78, 5) is 4.07. The number of rotatable bonds is 4. The lowest BCUT2D eigenvalue weighted by molar-refractivity contribution is 0.208. The monoisotopic (exact) mass is 182 g/mol. The number of anilines is 1. The van der Waals surface area contributed by atoms with E-state index in [0.29, 0.717) is 18.1 Å². The second kappa shape index (κ2) is 4.67. The van der Waals surface area contributed by atoms with Crippen molar-refractivity contribution in [1.29, 1.82) is 0 Å². The van der Waals surface area contributed by atoms with E-state index in [1.54, 1.807) is 26.3 Å². The number of nitrogens with zero attached hydrogens (tertiary/aromatic N) is 1. The molecule has 0 amide bonds. The minimum Gasteiger partial charge on any atom is -0.493 e. The summed E-state index contributed by atoms with van der Waals surface area (Å²) < 4.78 is 5.07. The van der Waals surface area contributed by atoms with Gasteiger partial charge in [-0.2, -0.15) is 0 Å². The Morgan fingerprint density at radius 3 is 3.08 bits per heavy atom. The molecule has 0 saturated heterocycles. The van der Waals surface area contributed by atoms with Crippen LogP contribution in [0, 0.1) is 0 Å². The summed E-state index contributed by atoms with van der Waals surface area (Å²) in [5.41, 5.74) is 0. The molecular weight excluding hydrogens is 168 g/mol. The van der Waals surface area contributed by atoms with Crippen molar-refractivity contribution in [2.45, 2.75) is 13.0 Å². The molecule has 0 radical (unpaired) electrons. The van der Waals surface area contributed by atoms with Crippen LogP contribution in [0.5, 0.6) is 5.75 Å². The quantitative estimate of drug-likeness (QED) is 0.726. The molecule has 13 heavy (non-hydrogen) atoms. The second-order valence-electron chi connectivity index (χ2n) is 2.78. The first-order valence-electron chi connectivity index (χ1n) is 4.15. The van der Waals surface area contributed by atoms with Crippen LogP contribution in [0.4, 0.5) is 5.82 Å². The van der Waals surface area contributed by atoms with Gasteiger partial charge in [-0.1, -0.05) is 0 Å². The smallest absolute Gasteiger partial charge is 0.168 e. The molecule has 0 fully saturated rings. The highest BCUT2D eigenvalue weighted by Crippen LogP contribution is 2.19. The molecule has 1 aromatic rings. The number of aliphatic hydroxyl groups is 1. The van der Waals surface area contributed by atoms with Crippen molar-refractivity contribution >= 4 is 5.82 Å². The normalized spacial score (nSPS) is 12.2. The fraction of sp³-hybridized carbons (Fsp3) is 0.444. The molecular formula is C9H14N2O2. The molecule has 1 atom stereocenters. The summed E-state index contributed by atoms with van der Waals surface area (Å²) >= 11 is 0. The maximum Gasteiger partial charge on any atom is 0.168 e. The number of hydrogen-bond acceptors (Lipinski definition) is 4. The van der Waals surface area contributed by atoms with Crippen LogP contribution >= 0.6 is 0 Å². The lowest BCUT2D eigenvalue weighted by Crippen LogP contribution is -2.16. The Morgan fingerprint density at radius 1 is 1.69 bits per heavy atom. The van der Waals surface area contributed by atoms with Crippen LogP contribution in [0.15, 0.2) is 18.3 Å². The summed E-state index contributed by atoms with van der Waals surface area (Å²) in [5.74, 6) is 1.34. The lowest BCUT2D eigenvalue weighted by Gasteiger charge is -2.10. The van der Waals surface area contributed by atoms with Crippen molar-refractivity contribution in [1.82, 2.24) is 4.98 Å². The SMILES string of the molecule is COc1cccnc1NCC(C)O. The number of methoxy groups -OCH3 is 1. The summed E-state index contributed by atoms with van der Waals surface area (Å²) in [5, 5.41) is 12.0. The molecule has 1 aromatic heterocycles. The molecule has 4 nitrogen and oxygen atoms in total. The lowest BCUT2D eigenvalue weighted by atomic mass is 10.4. The van der Waals surface area contributed by atoms with Gasteiger partial charge in [0, 0.05) is 12.7 Å². The van der Waals surface area contributed by atoms with E-state index < -0.39 is 6.10 Å². The van der Waals surface area contributed by atoms with E-state index in [0.717, 1.165) is 0 Å². The molecule has 0 aromatic carbocycles. The van der Waals surface area contributed by atoms with Gasteiger partial charge in [-0.25, -0.2) is 4.98 Å². The molecule has 1 unspecified atom stereocenters. The summed E-state index contributed by atoms with van der Waals surface area (Å²) in [7, 11) is 1.59. The number of ether oxygens (including phenoxy) is 1. The van der Waals surface area contributed by atoms with Crippen molar-refractivity contribution in [2.24, 2.45) is 0 Å². The van der Waals surface area contributed by atoms with Crippen LogP contribution in [-0.4, -0.2) is 29.8 Å². The van der Waals surface area contributed by atoms with Crippen LogP contribution in [-0.2, 0) is 0 Å². The van der Waals surface area contributed by atoms with Gasteiger partial charge >= 0.3 is 0 Å². The predicted molar refractivity (Wildman–Crippen MR) is 51.0 cm³/mol. The van der Waals surface area contributed by atoms with E-state index in [1.165, 1.54) is 0 Å². The average Bonchev–Trinajstić information content (AvgIpc) is 2.15. The standard InChI is InChI=1S/C9H14N2O2/c1-7(12)6-11-9-8(13-2)4-3-5-10-9/h3-5,7,12H,6H2,1-2H3,(H,10,11). The third-order valence-electron chi connectivity index (χ3n) is 1.56. The van der Waals surface area contributed by atoms with Gasteiger partial charge in [0.2, 0.25) is 0 Å². The minimum atomic E-state index is -0.397. The van der Waals surface area contributed by atoms with E-state index in [2.05, 4.69) is 10.3 Å². The van der Waals surface area contributed by atoms with Gasteiger partial charge in [-0.3, -0.25) is 0 Å².